The first-order valence-corrected chi connectivity index (χ1v) is 14.6. The van der Waals surface area contributed by atoms with E-state index in [1.165, 1.54) is 72.0 Å². The predicted molar refractivity (Wildman–Crippen MR) is 177 cm³/mol. The molecule has 4 heterocycles. The fourth-order valence-corrected chi connectivity index (χ4v) is 7.73. The van der Waals surface area contributed by atoms with E-state index in [9.17, 15) is 0 Å². The van der Waals surface area contributed by atoms with Gasteiger partial charge in [0.1, 0.15) is 11.2 Å². The average molecular weight is 536 g/mol. The van der Waals surface area contributed by atoms with Crippen LogP contribution in [0.3, 0.4) is 0 Å². The zero-order valence-corrected chi connectivity index (χ0v) is 23.3. The fraction of sp³-hybridized carbons (Fsp3) is 0.0526. The summed E-state index contributed by atoms with van der Waals surface area (Å²) in [7, 11) is 0. The van der Waals surface area contributed by atoms with Crippen molar-refractivity contribution in [3.05, 3.63) is 126 Å². The normalized spacial score (nSPS) is 13.4. The third kappa shape index (κ3) is 2.68. The van der Waals surface area contributed by atoms with Gasteiger partial charge >= 0.3 is 6.85 Å². The third-order valence-electron chi connectivity index (χ3n) is 9.47. The first-order valence-electron chi connectivity index (χ1n) is 14.6. The Morgan fingerprint density at radius 2 is 1.38 bits per heavy atom. The van der Waals surface area contributed by atoms with Gasteiger partial charge in [-0.3, -0.25) is 0 Å². The van der Waals surface area contributed by atoms with Gasteiger partial charge in [0.05, 0.1) is 0 Å². The molecule has 0 saturated heterocycles. The zero-order chi connectivity index (χ0) is 27.7. The van der Waals surface area contributed by atoms with Crippen molar-refractivity contribution >= 4 is 78.6 Å². The largest absolute Gasteiger partial charge is 0.455 e. The Labute approximate surface area is 243 Å². The number of benzene rings is 6. The number of hydrogen-bond acceptors (Lipinski definition) is 2. The Balaban J connectivity index is 1.47. The number of rotatable bonds is 1. The van der Waals surface area contributed by atoms with Crippen LogP contribution in [0.15, 0.2) is 120 Å². The number of aryl methyl sites for hydroxylation is 2. The maximum Gasteiger partial charge on any atom is 0.333 e. The molecule has 10 rings (SSSR count). The van der Waals surface area contributed by atoms with Crippen LogP contribution >= 0.6 is 0 Å². The maximum atomic E-state index is 6.78. The van der Waals surface area contributed by atoms with Crippen molar-refractivity contribution in [3.8, 4) is 11.1 Å². The second-order valence-electron chi connectivity index (χ2n) is 11.9. The van der Waals surface area contributed by atoms with Crippen LogP contribution in [-0.2, 0) is 0 Å². The first-order chi connectivity index (χ1) is 20.7. The van der Waals surface area contributed by atoms with Crippen molar-refractivity contribution in [1.29, 1.82) is 0 Å². The summed E-state index contributed by atoms with van der Waals surface area (Å²) in [4.78, 5) is 2.47. The number of anilines is 3. The highest BCUT2D eigenvalue weighted by atomic mass is 16.3. The molecule has 0 amide bonds. The van der Waals surface area contributed by atoms with Crippen molar-refractivity contribution < 1.29 is 4.42 Å². The first kappa shape index (κ1) is 22.5. The maximum absolute atomic E-state index is 6.78. The Hall–Kier alpha value is -5.22. The van der Waals surface area contributed by atoms with E-state index in [0.29, 0.717) is 0 Å². The number of aromatic nitrogens is 1. The molecule has 2 aliphatic rings. The SMILES string of the molecule is Cc1ccc(N2c3ccc(C)cc3B3c4c2cc2c(oc5ccccc52)c4-c2cccc4c5ccccc5n3c24)cc1. The van der Waals surface area contributed by atoms with Crippen molar-refractivity contribution in [2.75, 3.05) is 4.90 Å². The number of furan rings is 1. The summed E-state index contributed by atoms with van der Waals surface area (Å²) in [6.45, 7) is 4.37. The van der Waals surface area contributed by atoms with E-state index in [2.05, 4.69) is 138 Å². The Morgan fingerprint density at radius 3 is 2.26 bits per heavy atom. The molecule has 0 N–H and O–H groups in total. The molecule has 3 nitrogen and oxygen atoms in total. The van der Waals surface area contributed by atoms with E-state index < -0.39 is 0 Å². The predicted octanol–water partition coefficient (Wildman–Crippen LogP) is 8.73. The molecule has 0 saturated carbocycles. The molecule has 196 valence electrons. The molecule has 2 aromatic heterocycles. The zero-order valence-electron chi connectivity index (χ0n) is 23.3. The molecule has 0 fully saturated rings. The lowest BCUT2D eigenvalue weighted by Crippen LogP contribution is -2.56. The molecule has 0 radical (unpaired) electrons. The van der Waals surface area contributed by atoms with Crippen molar-refractivity contribution in [2.45, 2.75) is 13.8 Å². The third-order valence-corrected chi connectivity index (χ3v) is 9.47. The molecule has 8 aromatic rings. The Kier molecular flexibility index (Phi) is 4.14. The van der Waals surface area contributed by atoms with Crippen LogP contribution in [0.4, 0.5) is 17.1 Å². The summed E-state index contributed by atoms with van der Waals surface area (Å²) in [6, 6.07) is 42.4. The quantitative estimate of drug-likeness (QED) is 0.196. The molecule has 0 unspecified atom stereocenters. The molecular weight excluding hydrogens is 511 g/mol. The number of nitrogens with zero attached hydrogens (tertiary/aromatic N) is 2. The highest BCUT2D eigenvalue weighted by Gasteiger charge is 2.44. The van der Waals surface area contributed by atoms with Crippen LogP contribution in [0, 0.1) is 13.8 Å². The van der Waals surface area contributed by atoms with Gasteiger partial charge in [0.25, 0.3) is 0 Å². The molecule has 0 spiro atoms. The second kappa shape index (κ2) is 7.74. The fourth-order valence-electron chi connectivity index (χ4n) is 7.73. The molecular formula is C38H25BN2O. The average Bonchev–Trinajstić information content (AvgIpc) is 3.56. The van der Waals surface area contributed by atoms with Gasteiger partial charge in [0.15, 0.2) is 0 Å². The summed E-state index contributed by atoms with van der Waals surface area (Å²) in [5.74, 6) is 0. The molecule has 4 heteroatoms. The van der Waals surface area contributed by atoms with Gasteiger partial charge in [-0.05, 0) is 61.2 Å². The number of hydrogen-bond donors (Lipinski definition) is 0. The second-order valence-corrected chi connectivity index (χ2v) is 11.9. The minimum atomic E-state index is 0.0153. The lowest BCUT2D eigenvalue weighted by atomic mass is 9.45. The Morgan fingerprint density at radius 1 is 0.619 bits per heavy atom. The van der Waals surface area contributed by atoms with Crippen LogP contribution in [0.25, 0.3) is 54.9 Å². The van der Waals surface area contributed by atoms with Gasteiger partial charge < -0.3 is 13.8 Å². The van der Waals surface area contributed by atoms with Crippen LogP contribution in [0.2, 0.25) is 0 Å². The summed E-state index contributed by atoms with van der Waals surface area (Å²) in [5.41, 5.74) is 15.7. The highest BCUT2D eigenvalue weighted by molar-refractivity contribution is 6.90. The highest BCUT2D eigenvalue weighted by Crippen LogP contribution is 2.49. The standard InChI is InChI=1S/C38H25BN2O/c1-22-14-17-24(18-15-22)40-32-19-16-23(2)20-30(32)39-36-33(40)21-29-26-9-4-6-13-34(26)42-38(29)35(36)28-11-7-10-27-25-8-3-5-12-31(25)41(39)37(27)28/h3-21H,1-2H3. The number of para-hydroxylation sites is 3. The Bertz CT molecular complexity index is 2450. The lowest BCUT2D eigenvalue weighted by Gasteiger charge is -2.40. The van der Waals surface area contributed by atoms with E-state index in [-0.39, 0.29) is 6.85 Å². The van der Waals surface area contributed by atoms with Crippen LogP contribution in [-0.4, -0.2) is 11.3 Å². The van der Waals surface area contributed by atoms with E-state index in [0.717, 1.165) is 21.9 Å². The molecule has 2 aliphatic heterocycles. The number of fused-ring (bicyclic) bond motifs is 11. The van der Waals surface area contributed by atoms with Gasteiger partial charge in [-0.1, -0.05) is 90.0 Å². The summed E-state index contributed by atoms with van der Waals surface area (Å²) >= 11 is 0. The van der Waals surface area contributed by atoms with E-state index in [1.54, 1.807) is 0 Å². The van der Waals surface area contributed by atoms with Gasteiger partial charge in [-0.15, -0.1) is 0 Å². The van der Waals surface area contributed by atoms with E-state index in [1.807, 2.05) is 0 Å². The minimum absolute atomic E-state index is 0.0153. The van der Waals surface area contributed by atoms with Crippen molar-refractivity contribution in [1.82, 2.24) is 4.48 Å². The van der Waals surface area contributed by atoms with Crippen molar-refractivity contribution in [2.24, 2.45) is 0 Å². The monoisotopic (exact) mass is 536 g/mol. The topological polar surface area (TPSA) is 21.3 Å². The smallest absolute Gasteiger partial charge is 0.333 e. The lowest BCUT2D eigenvalue weighted by molar-refractivity contribution is 0.670. The molecule has 0 atom stereocenters. The van der Waals surface area contributed by atoms with Gasteiger partial charge in [-0.2, -0.15) is 0 Å². The summed E-state index contributed by atoms with van der Waals surface area (Å²) in [5, 5.41) is 4.89. The van der Waals surface area contributed by atoms with Crippen molar-refractivity contribution in [3.63, 3.8) is 0 Å². The molecule has 0 aliphatic carbocycles. The summed E-state index contributed by atoms with van der Waals surface area (Å²) < 4.78 is 9.39. The van der Waals surface area contributed by atoms with Crippen LogP contribution in [0.1, 0.15) is 11.1 Å². The van der Waals surface area contributed by atoms with Crippen LogP contribution < -0.4 is 15.8 Å². The van der Waals surface area contributed by atoms with Gasteiger partial charge in [0, 0.05) is 60.8 Å². The molecule has 6 aromatic carbocycles. The van der Waals surface area contributed by atoms with Crippen LogP contribution in [0.5, 0.6) is 0 Å². The van der Waals surface area contributed by atoms with E-state index >= 15 is 0 Å². The minimum Gasteiger partial charge on any atom is -0.455 e. The van der Waals surface area contributed by atoms with Gasteiger partial charge in [-0.25, -0.2) is 0 Å². The molecule has 0 bridgehead atoms. The molecule has 42 heavy (non-hydrogen) atoms. The summed E-state index contributed by atoms with van der Waals surface area (Å²) in [6.07, 6.45) is 0. The van der Waals surface area contributed by atoms with Gasteiger partial charge in [0.2, 0.25) is 0 Å². The van der Waals surface area contributed by atoms with E-state index in [4.69, 9.17) is 4.42 Å².